The topological polar surface area (TPSA) is 70.5 Å². The highest BCUT2D eigenvalue weighted by Crippen LogP contribution is 2.37. The van der Waals surface area contributed by atoms with Gasteiger partial charge in [-0.15, -0.1) is 0 Å². The average Bonchev–Trinajstić information content (AvgIpc) is 2.93. The highest BCUT2D eigenvalue weighted by Gasteiger charge is 2.39. The number of hydrogen-bond donors (Lipinski definition) is 0. The molecule has 1 aliphatic rings. The van der Waals surface area contributed by atoms with E-state index in [1.165, 1.54) is 0 Å². The molecule has 1 fully saturated rings. The van der Waals surface area contributed by atoms with Gasteiger partial charge in [-0.1, -0.05) is 25.9 Å². The lowest BCUT2D eigenvalue weighted by molar-refractivity contribution is 0.237. The Hall–Kier alpha value is -0.553. The average molecular weight is 243 g/mol. The van der Waals surface area contributed by atoms with Crippen molar-refractivity contribution in [3.63, 3.8) is 0 Å². The van der Waals surface area contributed by atoms with Crippen LogP contribution in [0.5, 0.6) is 0 Å². The predicted octanol–water partition coefficient (Wildman–Crippen LogP) is 3.09. The summed E-state index contributed by atoms with van der Waals surface area (Å²) in [6, 6.07) is -0.167. The van der Waals surface area contributed by atoms with Crippen molar-refractivity contribution in [2.24, 2.45) is 5.11 Å². The largest absolute Gasteiger partial charge is 0.416 e. The van der Waals surface area contributed by atoms with Crippen molar-refractivity contribution in [3.8, 4) is 0 Å². The van der Waals surface area contributed by atoms with Crippen molar-refractivity contribution < 1.29 is 9.16 Å². The van der Waals surface area contributed by atoms with E-state index in [2.05, 4.69) is 43.9 Å². The first-order valence-corrected chi connectivity index (χ1v) is 8.48. The van der Waals surface area contributed by atoms with Crippen LogP contribution < -0.4 is 0 Å². The summed E-state index contributed by atoms with van der Waals surface area (Å²) >= 11 is 0. The molecule has 0 aromatic rings. The second-order valence-electron chi connectivity index (χ2n) is 5.72. The molecule has 0 aromatic heterocycles. The minimum Gasteiger partial charge on any atom is -0.416 e. The van der Waals surface area contributed by atoms with Crippen molar-refractivity contribution in [2.75, 3.05) is 13.2 Å². The van der Waals surface area contributed by atoms with E-state index in [1.54, 1.807) is 0 Å². The van der Waals surface area contributed by atoms with Gasteiger partial charge in [-0.05, 0) is 23.7 Å². The summed E-state index contributed by atoms with van der Waals surface area (Å²) in [4.78, 5) is 2.84. The van der Waals surface area contributed by atoms with E-state index in [9.17, 15) is 0 Å². The van der Waals surface area contributed by atoms with Gasteiger partial charge in [0, 0.05) is 11.5 Å². The van der Waals surface area contributed by atoms with Crippen LogP contribution in [0.1, 0.15) is 20.8 Å². The number of hydrogen-bond acceptors (Lipinski definition) is 3. The van der Waals surface area contributed by atoms with Crippen molar-refractivity contribution in [3.05, 3.63) is 10.4 Å². The molecule has 1 rings (SSSR count). The number of nitrogens with zero attached hydrogens (tertiary/aromatic N) is 3. The highest BCUT2D eigenvalue weighted by molar-refractivity contribution is 6.74. The molecule has 0 bridgehead atoms. The Morgan fingerprint density at radius 3 is 2.50 bits per heavy atom. The molecule has 0 aromatic carbocycles. The Bertz CT molecular complexity index is 291. The second-order valence-corrected chi connectivity index (χ2v) is 10.5. The number of rotatable bonds is 5. The van der Waals surface area contributed by atoms with Gasteiger partial charge in [-0.25, -0.2) is 0 Å². The zero-order valence-corrected chi connectivity index (χ0v) is 11.7. The van der Waals surface area contributed by atoms with Gasteiger partial charge in [-0.2, -0.15) is 0 Å². The molecule has 5 nitrogen and oxygen atoms in total. The minimum atomic E-state index is -1.75. The molecule has 0 saturated carbocycles. The zero-order valence-electron chi connectivity index (χ0n) is 10.7. The third-order valence-corrected chi connectivity index (χ3v) is 7.91. The third kappa shape index (κ3) is 3.49. The number of ether oxygens (including phenoxy) is 1. The zero-order chi connectivity index (χ0) is 12.4. The van der Waals surface area contributed by atoms with E-state index in [0.29, 0.717) is 13.2 Å². The Morgan fingerprint density at radius 1 is 1.56 bits per heavy atom. The number of epoxide rings is 1. The number of azide groups is 1. The standard InChI is InChI=1S/C10H21N3O2Si/c1-10(2,3)16(4,5)15-6-8(12-13-11)9-7-14-9/h8-9H,6-7H2,1-5H3/t8-,9+/m0/s1. The van der Waals surface area contributed by atoms with Crippen molar-refractivity contribution >= 4 is 8.32 Å². The Morgan fingerprint density at radius 2 is 2.12 bits per heavy atom. The molecule has 92 valence electrons. The van der Waals surface area contributed by atoms with Crippen LogP contribution in [0.15, 0.2) is 5.11 Å². The first kappa shape index (κ1) is 13.5. The van der Waals surface area contributed by atoms with Gasteiger partial charge in [0.25, 0.3) is 0 Å². The molecule has 0 aliphatic carbocycles. The van der Waals surface area contributed by atoms with Gasteiger partial charge < -0.3 is 9.16 Å². The van der Waals surface area contributed by atoms with Crippen LogP contribution in [0, 0.1) is 0 Å². The molecule has 0 N–H and O–H groups in total. The quantitative estimate of drug-likeness (QED) is 0.245. The van der Waals surface area contributed by atoms with Gasteiger partial charge in [-0.3, -0.25) is 0 Å². The minimum absolute atomic E-state index is 0.0701. The lowest BCUT2D eigenvalue weighted by Crippen LogP contribution is -2.43. The fraction of sp³-hybridized carbons (Fsp3) is 1.00. The Balaban J connectivity index is 2.51. The van der Waals surface area contributed by atoms with Crippen molar-refractivity contribution in [2.45, 2.75) is 51.0 Å². The van der Waals surface area contributed by atoms with E-state index in [4.69, 9.17) is 14.7 Å². The summed E-state index contributed by atoms with van der Waals surface area (Å²) < 4.78 is 11.1. The van der Waals surface area contributed by atoms with Gasteiger partial charge in [0.2, 0.25) is 0 Å². The fourth-order valence-electron chi connectivity index (χ4n) is 1.07. The molecule has 6 heteroatoms. The Labute approximate surface area is 97.9 Å². The lowest BCUT2D eigenvalue weighted by atomic mass is 10.2. The van der Waals surface area contributed by atoms with Crippen LogP contribution in [-0.2, 0) is 9.16 Å². The van der Waals surface area contributed by atoms with Crippen LogP contribution in [0.3, 0.4) is 0 Å². The molecule has 1 saturated heterocycles. The predicted molar refractivity (Wildman–Crippen MR) is 65.8 cm³/mol. The molecule has 2 atom stereocenters. The SMILES string of the molecule is CC(C)(C)[Si](C)(C)OC[C@H](N=[N+]=[N-])[C@H]1CO1. The summed E-state index contributed by atoms with van der Waals surface area (Å²) in [7, 11) is -1.75. The maximum Gasteiger partial charge on any atom is 0.191 e. The van der Waals surface area contributed by atoms with Gasteiger partial charge in [0.05, 0.1) is 18.8 Å². The molecular weight excluding hydrogens is 222 g/mol. The molecule has 0 unspecified atom stereocenters. The van der Waals surface area contributed by atoms with Crippen LogP contribution in [-0.4, -0.2) is 33.7 Å². The van der Waals surface area contributed by atoms with Crippen LogP contribution in [0.2, 0.25) is 18.1 Å². The molecule has 1 heterocycles. The van der Waals surface area contributed by atoms with E-state index in [-0.39, 0.29) is 17.2 Å². The second kappa shape index (κ2) is 4.75. The van der Waals surface area contributed by atoms with Crippen LogP contribution in [0.25, 0.3) is 10.4 Å². The lowest BCUT2D eigenvalue weighted by Gasteiger charge is -2.36. The maximum atomic E-state index is 8.46. The smallest absolute Gasteiger partial charge is 0.191 e. The monoisotopic (exact) mass is 243 g/mol. The van der Waals surface area contributed by atoms with E-state index < -0.39 is 8.32 Å². The van der Waals surface area contributed by atoms with Crippen molar-refractivity contribution in [1.29, 1.82) is 0 Å². The van der Waals surface area contributed by atoms with E-state index in [1.807, 2.05) is 0 Å². The highest BCUT2D eigenvalue weighted by atomic mass is 28.4. The van der Waals surface area contributed by atoms with E-state index >= 15 is 0 Å². The summed E-state index contributed by atoms with van der Waals surface area (Å²) in [5.41, 5.74) is 8.46. The summed E-state index contributed by atoms with van der Waals surface area (Å²) in [5.74, 6) is 0. The van der Waals surface area contributed by atoms with Crippen LogP contribution >= 0.6 is 0 Å². The van der Waals surface area contributed by atoms with Gasteiger partial charge in [0.1, 0.15) is 0 Å². The molecular formula is C10H21N3O2Si. The van der Waals surface area contributed by atoms with Crippen LogP contribution in [0.4, 0.5) is 0 Å². The van der Waals surface area contributed by atoms with E-state index in [0.717, 1.165) is 0 Å². The summed E-state index contributed by atoms with van der Waals surface area (Å²) in [5, 5.41) is 3.90. The first-order valence-electron chi connectivity index (χ1n) is 5.58. The summed E-state index contributed by atoms with van der Waals surface area (Å²) in [6.45, 7) is 12.1. The normalized spacial score (nSPS) is 22.4. The Kier molecular flexibility index (Phi) is 4.01. The molecule has 1 aliphatic heterocycles. The third-order valence-electron chi connectivity index (χ3n) is 3.41. The van der Waals surface area contributed by atoms with Crippen molar-refractivity contribution in [1.82, 2.24) is 0 Å². The molecule has 0 spiro atoms. The maximum absolute atomic E-state index is 8.46. The first-order chi connectivity index (χ1) is 7.28. The van der Waals surface area contributed by atoms with Gasteiger partial charge in [0.15, 0.2) is 8.32 Å². The molecule has 16 heavy (non-hydrogen) atoms. The fourth-order valence-corrected chi connectivity index (χ4v) is 2.09. The summed E-state index contributed by atoms with van der Waals surface area (Å²) in [6.07, 6.45) is 0.0701. The molecule has 0 radical (unpaired) electrons. The molecule has 0 amide bonds. The van der Waals surface area contributed by atoms with Gasteiger partial charge >= 0.3 is 0 Å².